The molecule has 30 heavy (non-hydrogen) atoms. The Morgan fingerprint density at radius 1 is 1.23 bits per heavy atom. The fraction of sp³-hybridized carbons (Fsp3) is 0.364. The van der Waals surface area contributed by atoms with E-state index in [2.05, 4.69) is 35.8 Å². The van der Waals surface area contributed by atoms with Crippen LogP contribution in [0.15, 0.2) is 59.7 Å². The summed E-state index contributed by atoms with van der Waals surface area (Å²) in [6, 6.07) is 11.6. The van der Waals surface area contributed by atoms with Gasteiger partial charge in [0.1, 0.15) is 0 Å². The number of hydrogen-bond donors (Lipinski definition) is 2. The van der Waals surface area contributed by atoms with Crippen LogP contribution in [0.3, 0.4) is 0 Å². The van der Waals surface area contributed by atoms with Gasteiger partial charge < -0.3 is 24.3 Å². The number of benzene rings is 1. The highest BCUT2D eigenvalue weighted by Crippen LogP contribution is 2.25. The Balaban J connectivity index is 1.71. The molecule has 0 bridgehead atoms. The molecule has 1 atom stereocenters. The minimum atomic E-state index is -0.605. The molecule has 0 fully saturated rings. The molecule has 8 heteroatoms. The van der Waals surface area contributed by atoms with Crippen LogP contribution >= 0.6 is 0 Å². The molecule has 1 unspecified atom stereocenters. The highest BCUT2D eigenvalue weighted by molar-refractivity contribution is 5.54. The zero-order chi connectivity index (χ0) is 21.3. The van der Waals surface area contributed by atoms with Gasteiger partial charge >= 0.3 is 6.01 Å². The summed E-state index contributed by atoms with van der Waals surface area (Å²) in [5.74, 6) is 1.54. The lowest BCUT2D eigenvalue weighted by atomic mass is 10.2. The molecule has 2 N–H and O–H groups in total. The van der Waals surface area contributed by atoms with Crippen LogP contribution in [-0.2, 0) is 4.74 Å². The van der Waals surface area contributed by atoms with Gasteiger partial charge in [0.15, 0.2) is 5.76 Å². The van der Waals surface area contributed by atoms with E-state index in [1.54, 1.807) is 23.1 Å². The molecule has 2 aromatic heterocycles. The van der Waals surface area contributed by atoms with Gasteiger partial charge in [-0.2, -0.15) is 4.98 Å². The summed E-state index contributed by atoms with van der Waals surface area (Å²) < 4.78 is 18.1. The summed E-state index contributed by atoms with van der Waals surface area (Å²) >= 11 is 0. The first-order chi connectivity index (χ1) is 14.6. The second-order valence-corrected chi connectivity index (χ2v) is 7.22. The highest BCUT2D eigenvalue weighted by atomic mass is 16.5. The maximum Gasteiger partial charge on any atom is 0.336 e. The number of anilines is 1. The Morgan fingerprint density at radius 3 is 2.70 bits per heavy atom. The van der Waals surface area contributed by atoms with Crippen molar-refractivity contribution in [2.45, 2.75) is 20.0 Å². The van der Waals surface area contributed by atoms with E-state index >= 15 is 0 Å². The molecule has 0 spiro atoms. The predicted molar refractivity (Wildman–Crippen MR) is 115 cm³/mol. The third kappa shape index (κ3) is 5.95. The molecular weight excluding hydrogens is 384 g/mol. The van der Waals surface area contributed by atoms with Crippen molar-refractivity contribution in [2.24, 2.45) is 5.92 Å². The Hall–Kier alpha value is -3.10. The first-order valence-electron chi connectivity index (χ1n) is 9.91. The van der Waals surface area contributed by atoms with Crippen LogP contribution in [0.4, 0.5) is 5.69 Å². The van der Waals surface area contributed by atoms with E-state index in [-0.39, 0.29) is 6.61 Å². The predicted octanol–water partition coefficient (Wildman–Crippen LogP) is 3.54. The number of ether oxygens (including phenoxy) is 2. The molecule has 0 radical (unpaired) electrons. The molecule has 3 rings (SSSR count). The van der Waals surface area contributed by atoms with Gasteiger partial charge in [0, 0.05) is 12.2 Å². The molecule has 1 aromatic carbocycles. The van der Waals surface area contributed by atoms with Crippen molar-refractivity contribution in [3.63, 3.8) is 0 Å². The van der Waals surface area contributed by atoms with Crippen molar-refractivity contribution in [3.05, 3.63) is 55.3 Å². The topological polar surface area (TPSA) is 94.6 Å². The Labute approximate surface area is 176 Å². The Morgan fingerprint density at radius 2 is 2.03 bits per heavy atom. The molecule has 0 saturated heterocycles. The second kappa shape index (κ2) is 10.6. The van der Waals surface area contributed by atoms with Gasteiger partial charge in [0.25, 0.3) is 0 Å². The van der Waals surface area contributed by atoms with Crippen molar-refractivity contribution in [3.8, 4) is 23.3 Å². The molecule has 0 aliphatic rings. The normalized spacial score (nSPS) is 12.1. The van der Waals surface area contributed by atoms with Crippen LogP contribution in [0.2, 0.25) is 0 Å². The molecule has 0 saturated carbocycles. The van der Waals surface area contributed by atoms with E-state index < -0.39 is 6.10 Å². The summed E-state index contributed by atoms with van der Waals surface area (Å²) in [4.78, 5) is 4.48. The average Bonchev–Trinajstić information content (AvgIpc) is 3.41. The van der Waals surface area contributed by atoms with E-state index in [0.717, 1.165) is 11.4 Å². The van der Waals surface area contributed by atoms with Gasteiger partial charge in [-0.25, -0.2) is 4.68 Å². The van der Waals surface area contributed by atoms with Crippen LogP contribution in [0.25, 0.3) is 17.3 Å². The standard InChI is InChI=1S/C22H28N4O4/c1-4-11-28-15-19(27)13-23-17-7-9-18(10-8-17)26-21(20-6-5-12-29-20)24-22(25-26)30-14-16(2)3/h4-10,12,16,19,23,27H,1,11,13-15H2,2-3H3. The third-order valence-electron chi connectivity index (χ3n) is 4.07. The molecule has 3 aromatic rings. The monoisotopic (exact) mass is 412 g/mol. The lowest BCUT2D eigenvalue weighted by molar-refractivity contribution is 0.0566. The number of furan rings is 1. The number of hydrogen-bond acceptors (Lipinski definition) is 7. The maximum absolute atomic E-state index is 9.94. The number of nitrogens with zero attached hydrogens (tertiary/aromatic N) is 3. The van der Waals surface area contributed by atoms with Crippen molar-refractivity contribution in [1.82, 2.24) is 14.8 Å². The van der Waals surface area contributed by atoms with E-state index in [1.165, 1.54) is 0 Å². The van der Waals surface area contributed by atoms with E-state index in [1.807, 2.05) is 30.3 Å². The first kappa shape index (κ1) is 21.6. The molecule has 2 heterocycles. The first-order valence-corrected chi connectivity index (χ1v) is 9.91. The summed E-state index contributed by atoms with van der Waals surface area (Å²) in [6.07, 6.45) is 2.64. The molecular formula is C22H28N4O4. The van der Waals surface area contributed by atoms with Gasteiger partial charge in [-0.1, -0.05) is 19.9 Å². The molecule has 0 amide bonds. The van der Waals surface area contributed by atoms with Gasteiger partial charge in [-0.05, 0) is 42.3 Å². The van der Waals surface area contributed by atoms with E-state index in [0.29, 0.717) is 43.3 Å². The number of aliphatic hydroxyl groups excluding tert-OH is 1. The quantitative estimate of drug-likeness (QED) is 0.347. The Kier molecular flexibility index (Phi) is 7.64. The summed E-state index contributed by atoms with van der Waals surface area (Å²) in [6.45, 7) is 9.30. The number of rotatable bonds is 12. The fourth-order valence-electron chi connectivity index (χ4n) is 2.64. The van der Waals surface area contributed by atoms with Crippen LogP contribution < -0.4 is 10.1 Å². The minimum absolute atomic E-state index is 0.252. The van der Waals surface area contributed by atoms with Gasteiger partial charge in [0.2, 0.25) is 5.82 Å². The van der Waals surface area contributed by atoms with E-state index in [9.17, 15) is 5.11 Å². The maximum atomic E-state index is 9.94. The van der Waals surface area contributed by atoms with Crippen molar-refractivity contribution < 1.29 is 19.0 Å². The van der Waals surface area contributed by atoms with Crippen molar-refractivity contribution in [2.75, 3.05) is 31.7 Å². The van der Waals surface area contributed by atoms with Gasteiger partial charge in [-0.15, -0.1) is 11.7 Å². The number of aromatic nitrogens is 3. The second-order valence-electron chi connectivity index (χ2n) is 7.22. The summed E-state index contributed by atoms with van der Waals surface area (Å²) in [5.41, 5.74) is 1.69. The summed E-state index contributed by atoms with van der Waals surface area (Å²) in [5, 5.41) is 17.6. The van der Waals surface area contributed by atoms with Crippen LogP contribution in [0.1, 0.15) is 13.8 Å². The number of nitrogens with one attached hydrogen (secondary N) is 1. The molecule has 0 aliphatic carbocycles. The van der Waals surface area contributed by atoms with Crippen molar-refractivity contribution in [1.29, 1.82) is 0 Å². The van der Waals surface area contributed by atoms with Crippen LogP contribution in [0, 0.1) is 5.92 Å². The average molecular weight is 412 g/mol. The van der Waals surface area contributed by atoms with E-state index in [4.69, 9.17) is 13.9 Å². The van der Waals surface area contributed by atoms with Gasteiger partial charge in [-0.3, -0.25) is 0 Å². The largest absolute Gasteiger partial charge is 0.462 e. The highest BCUT2D eigenvalue weighted by Gasteiger charge is 2.17. The minimum Gasteiger partial charge on any atom is -0.462 e. The molecule has 160 valence electrons. The SMILES string of the molecule is C=CCOCC(O)CNc1ccc(-n2nc(OCC(C)C)nc2-c2ccco2)cc1. The van der Waals surface area contributed by atoms with Crippen LogP contribution in [-0.4, -0.2) is 52.3 Å². The zero-order valence-electron chi connectivity index (χ0n) is 17.3. The Bertz CT molecular complexity index is 904. The lowest BCUT2D eigenvalue weighted by Gasteiger charge is -2.13. The van der Waals surface area contributed by atoms with Crippen molar-refractivity contribution >= 4 is 5.69 Å². The third-order valence-corrected chi connectivity index (χ3v) is 4.07. The molecule has 8 nitrogen and oxygen atoms in total. The molecule has 0 aliphatic heterocycles. The van der Waals surface area contributed by atoms with Gasteiger partial charge in [0.05, 0.1) is 37.9 Å². The van der Waals surface area contributed by atoms with Crippen LogP contribution in [0.5, 0.6) is 6.01 Å². The zero-order valence-corrected chi connectivity index (χ0v) is 17.3. The lowest BCUT2D eigenvalue weighted by Crippen LogP contribution is -2.24. The smallest absolute Gasteiger partial charge is 0.336 e. The fourth-order valence-corrected chi connectivity index (χ4v) is 2.64. The number of aliphatic hydroxyl groups is 1. The summed E-state index contributed by atoms with van der Waals surface area (Å²) in [7, 11) is 0.